The summed E-state index contributed by atoms with van der Waals surface area (Å²) in [5, 5.41) is 2.73. The highest BCUT2D eigenvalue weighted by Gasteiger charge is 2.34. The molecule has 0 saturated carbocycles. The van der Waals surface area contributed by atoms with E-state index in [4.69, 9.17) is 27.9 Å². The number of anilines is 1. The van der Waals surface area contributed by atoms with E-state index in [1.165, 1.54) is 19.2 Å². The minimum absolute atomic E-state index is 0.0809. The molecule has 0 spiro atoms. The van der Waals surface area contributed by atoms with Gasteiger partial charge in [-0.3, -0.25) is 0 Å². The van der Waals surface area contributed by atoms with Crippen LogP contribution >= 0.6 is 23.2 Å². The van der Waals surface area contributed by atoms with Crippen LogP contribution in [0.15, 0.2) is 24.3 Å². The Kier molecular flexibility index (Phi) is 4.43. The topological polar surface area (TPSA) is 47.0 Å². The molecule has 9 heteroatoms. The fourth-order valence-corrected chi connectivity index (χ4v) is 1.74. The third kappa shape index (κ3) is 3.68. The molecule has 2 rings (SSSR count). The molecule has 0 aliphatic heterocycles. The molecule has 0 amide bonds. The van der Waals surface area contributed by atoms with Crippen LogP contribution in [0.1, 0.15) is 5.69 Å². The Bertz CT molecular complexity index is 665. The quantitative estimate of drug-likeness (QED) is 0.886. The third-order valence-corrected chi connectivity index (χ3v) is 3.15. The van der Waals surface area contributed by atoms with E-state index in [2.05, 4.69) is 15.3 Å². The van der Waals surface area contributed by atoms with Crippen molar-refractivity contribution in [3.63, 3.8) is 0 Å². The highest BCUT2D eigenvalue weighted by Crippen LogP contribution is 2.36. The van der Waals surface area contributed by atoms with Crippen LogP contribution in [0, 0.1) is 0 Å². The van der Waals surface area contributed by atoms with Gasteiger partial charge in [0.05, 0.1) is 5.02 Å². The van der Waals surface area contributed by atoms with E-state index in [1.807, 2.05) is 0 Å². The van der Waals surface area contributed by atoms with Crippen molar-refractivity contribution >= 4 is 29.2 Å². The molecule has 0 unspecified atom stereocenters. The number of hydrogen-bond donors (Lipinski definition) is 1. The molecule has 0 aliphatic carbocycles. The zero-order valence-corrected chi connectivity index (χ0v) is 12.0. The number of ether oxygens (including phenoxy) is 1. The van der Waals surface area contributed by atoms with Crippen molar-refractivity contribution in [2.75, 3.05) is 12.4 Å². The Morgan fingerprint density at radius 3 is 2.52 bits per heavy atom. The molecule has 4 nitrogen and oxygen atoms in total. The monoisotopic (exact) mass is 337 g/mol. The molecule has 21 heavy (non-hydrogen) atoms. The number of hydrogen-bond acceptors (Lipinski definition) is 4. The van der Waals surface area contributed by atoms with Gasteiger partial charge in [0.25, 0.3) is 0 Å². The predicted octanol–water partition coefficient (Wildman–Crippen LogP) is 4.64. The zero-order valence-electron chi connectivity index (χ0n) is 10.5. The van der Waals surface area contributed by atoms with Gasteiger partial charge < -0.3 is 10.1 Å². The van der Waals surface area contributed by atoms with E-state index in [1.54, 1.807) is 6.07 Å². The van der Waals surface area contributed by atoms with Crippen molar-refractivity contribution < 1.29 is 17.9 Å². The number of rotatable bonds is 3. The molecule has 0 fully saturated rings. The maximum Gasteiger partial charge on any atom is 0.433 e. The molecule has 1 aromatic carbocycles. The number of aromatic nitrogens is 2. The normalized spacial score (nSPS) is 11.3. The highest BCUT2D eigenvalue weighted by atomic mass is 35.5. The van der Waals surface area contributed by atoms with Crippen molar-refractivity contribution in [1.82, 2.24) is 9.97 Å². The van der Waals surface area contributed by atoms with Gasteiger partial charge in [-0.25, -0.2) is 4.98 Å². The van der Waals surface area contributed by atoms with Crippen LogP contribution in [0.25, 0.3) is 0 Å². The average molecular weight is 338 g/mol. The second kappa shape index (κ2) is 5.95. The third-order valence-electron chi connectivity index (χ3n) is 2.35. The Morgan fingerprint density at radius 1 is 1.19 bits per heavy atom. The molecule has 0 bridgehead atoms. The lowest BCUT2D eigenvalue weighted by molar-refractivity contribution is -0.141. The summed E-state index contributed by atoms with van der Waals surface area (Å²) in [5.41, 5.74) is -1.13. The van der Waals surface area contributed by atoms with Crippen molar-refractivity contribution in [3.8, 4) is 11.6 Å². The molecule has 1 aromatic heterocycles. The van der Waals surface area contributed by atoms with Gasteiger partial charge >= 0.3 is 6.18 Å². The lowest BCUT2D eigenvalue weighted by Crippen LogP contribution is -2.11. The molecule has 2 aromatic rings. The summed E-state index contributed by atoms with van der Waals surface area (Å²) in [7, 11) is 1.39. The number of nitrogens with one attached hydrogen (secondary N) is 1. The zero-order chi connectivity index (χ0) is 15.6. The molecule has 0 saturated heterocycles. The van der Waals surface area contributed by atoms with Crippen LogP contribution in [0.3, 0.4) is 0 Å². The summed E-state index contributed by atoms with van der Waals surface area (Å²) in [6.07, 6.45) is -4.62. The van der Waals surface area contributed by atoms with Gasteiger partial charge in [0.2, 0.25) is 11.8 Å². The number of benzene rings is 1. The van der Waals surface area contributed by atoms with E-state index in [0.717, 1.165) is 0 Å². The maximum absolute atomic E-state index is 12.7. The summed E-state index contributed by atoms with van der Waals surface area (Å²) in [4.78, 5) is 7.10. The van der Waals surface area contributed by atoms with Crippen LogP contribution in [0.4, 0.5) is 19.1 Å². The number of nitrogens with zero attached hydrogens (tertiary/aromatic N) is 2. The molecule has 1 N–H and O–H groups in total. The summed E-state index contributed by atoms with van der Waals surface area (Å²) in [6, 6.07) is 5.21. The molecule has 0 atom stereocenters. The van der Waals surface area contributed by atoms with E-state index in [-0.39, 0.29) is 27.6 Å². The molecule has 1 heterocycles. The average Bonchev–Trinajstić information content (AvgIpc) is 2.42. The summed E-state index contributed by atoms with van der Waals surface area (Å²) < 4.78 is 43.5. The van der Waals surface area contributed by atoms with Crippen LogP contribution in [0.2, 0.25) is 10.0 Å². The number of halogens is 5. The lowest BCUT2D eigenvalue weighted by atomic mass is 10.3. The van der Waals surface area contributed by atoms with Crippen LogP contribution < -0.4 is 10.1 Å². The standard InChI is InChI=1S/C12H8Cl2F3N3O/c1-18-11-19-8(12(15,16)17)5-9(20-11)21-7-4-2-3-6(13)10(7)14/h2-5H,1H3,(H,18,19,20). The molecular weight excluding hydrogens is 330 g/mol. The second-order valence-electron chi connectivity index (χ2n) is 3.82. The molecule has 0 radical (unpaired) electrons. The first-order valence-corrected chi connectivity index (χ1v) is 6.32. The Hall–Kier alpha value is -1.73. The van der Waals surface area contributed by atoms with Gasteiger partial charge in [-0.15, -0.1) is 0 Å². The summed E-state index contributed by atoms with van der Waals surface area (Å²) >= 11 is 11.7. The Balaban J connectivity index is 2.42. The summed E-state index contributed by atoms with van der Waals surface area (Å²) in [6.45, 7) is 0. The molecular formula is C12H8Cl2F3N3O. The van der Waals surface area contributed by atoms with Crippen LogP contribution in [0.5, 0.6) is 11.6 Å². The first-order valence-electron chi connectivity index (χ1n) is 5.57. The van der Waals surface area contributed by atoms with Gasteiger partial charge in [-0.2, -0.15) is 18.2 Å². The fourth-order valence-electron chi connectivity index (χ4n) is 1.41. The Morgan fingerprint density at radius 2 is 1.90 bits per heavy atom. The van der Waals surface area contributed by atoms with Gasteiger partial charge in [0, 0.05) is 13.1 Å². The van der Waals surface area contributed by atoms with Crippen molar-refractivity contribution in [2.45, 2.75) is 6.18 Å². The SMILES string of the molecule is CNc1nc(Oc2cccc(Cl)c2Cl)cc(C(F)(F)F)n1. The van der Waals surface area contributed by atoms with Crippen LogP contribution in [-0.4, -0.2) is 17.0 Å². The van der Waals surface area contributed by atoms with E-state index < -0.39 is 11.9 Å². The lowest BCUT2D eigenvalue weighted by Gasteiger charge is -2.11. The molecule has 112 valence electrons. The smallest absolute Gasteiger partial charge is 0.433 e. The molecule has 0 aliphatic rings. The van der Waals surface area contributed by atoms with E-state index in [0.29, 0.717) is 6.07 Å². The minimum atomic E-state index is -4.62. The highest BCUT2D eigenvalue weighted by molar-refractivity contribution is 6.42. The Labute approximate surface area is 127 Å². The van der Waals surface area contributed by atoms with E-state index in [9.17, 15) is 13.2 Å². The summed E-state index contributed by atoms with van der Waals surface area (Å²) in [5.74, 6) is -0.429. The van der Waals surface area contributed by atoms with Gasteiger partial charge in [-0.05, 0) is 12.1 Å². The van der Waals surface area contributed by atoms with Gasteiger partial charge in [-0.1, -0.05) is 29.3 Å². The van der Waals surface area contributed by atoms with Crippen molar-refractivity contribution in [2.24, 2.45) is 0 Å². The fraction of sp³-hybridized carbons (Fsp3) is 0.167. The van der Waals surface area contributed by atoms with Gasteiger partial charge in [0.15, 0.2) is 5.69 Å². The minimum Gasteiger partial charge on any atom is -0.437 e. The maximum atomic E-state index is 12.7. The predicted molar refractivity (Wildman–Crippen MR) is 73.1 cm³/mol. The second-order valence-corrected chi connectivity index (χ2v) is 4.60. The van der Waals surface area contributed by atoms with Crippen LogP contribution in [-0.2, 0) is 6.18 Å². The first kappa shape index (κ1) is 15.7. The largest absolute Gasteiger partial charge is 0.437 e. The van der Waals surface area contributed by atoms with Crippen molar-refractivity contribution in [1.29, 1.82) is 0 Å². The van der Waals surface area contributed by atoms with E-state index >= 15 is 0 Å². The van der Waals surface area contributed by atoms with Gasteiger partial charge in [0.1, 0.15) is 10.8 Å². The first-order chi connectivity index (χ1) is 9.81. The van der Waals surface area contributed by atoms with Crippen molar-refractivity contribution in [3.05, 3.63) is 40.0 Å². The number of alkyl halides is 3.